The average molecular weight is 437 g/mol. The predicted molar refractivity (Wildman–Crippen MR) is 121 cm³/mol. The van der Waals surface area contributed by atoms with Gasteiger partial charge in [0.25, 0.3) is 0 Å². The van der Waals surface area contributed by atoms with Crippen LogP contribution in [0.25, 0.3) is 11.4 Å². The van der Waals surface area contributed by atoms with Crippen molar-refractivity contribution in [2.45, 2.75) is 25.8 Å². The van der Waals surface area contributed by atoms with Crippen molar-refractivity contribution in [1.29, 1.82) is 0 Å². The number of piperidine rings is 1. The lowest BCUT2D eigenvalue weighted by atomic mass is 10.1. The van der Waals surface area contributed by atoms with E-state index in [4.69, 9.17) is 9.47 Å². The molecule has 1 amide bonds. The summed E-state index contributed by atoms with van der Waals surface area (Å²) >= 11 is 0. The van der Waals surface area contributed by atoms with Crippen LogP contribution in [0, 0.1) is 6.92 Å². The van der Waals surface area contributed by atoms with Crippen molar-refractivity contribution >= 4 is 11.6 Å². The largest absolute Gasteiger partial charge is 0.493 e. The van der Waals surface area contributed by atoms with E-state index in [1.165, 1.54) is 0 Å². The van der Waals surface area contributed by atoms with Crippen molar-refractivity contribution < 1.29 is 14.3 Å². The predicted octanol–water partition coefficient (Wildman–Crippen LogP) is 2.94. The van der Waals surface area contributed by atoms with E-state index in [-0.39, 0.29) is 11.9 Å². The zero-order valence-corrected chi connectivity index (χ0v) is 18.6. The monoisotopic (exact) mass is 436 g/mol. The molecule has 32 heavy (non-hydrogen) atoms. The fraction of sp³-hybridized carbons (Fsp3) is 0.391. The normalized spacial score (nSPS) is 14.8. The molecule has 168 valence electrons. The van der Waals surface area contributed by atoms with Crippen LogP contribution in [0.2, 0.25) is 0 Å². The first-order valence-electron chi connectivity index (χ1n) is 10.7. The summed E-state index contributed by atoms with van der Waals surface area (Å²) in [4.78, 5) is 16.3. The van der Waals surface area contributed by atoms with Crippen LogP contribution in [0.3, 0.4) is 0 Å². The lowest BCUT2D eigenvalue weighted by Crippen LogP contribution is -2.40. The van der Waals surface area contributed by atoms with Gasteiger partial charge >= 0.3 is 0 Å². The number of carbonyl (C=O) groups is 1. The summed E-state index contributed by atoms with van der Waals surface area (Å²) in [5.41, 5.74) is 2.74. The molecule has 9 heteroatoms. The number of ether oxygens (including phenoxy) is 2. The van der Waals surface area contributed by atoms with Crippen molar-refractivity contribution in [3.05, 3.63) is 48.0 Å². The number of para-hydroxylation sites is 1. The van der Waals surface area contributed by atoms with Crippen LogP contribution in [0.15, 0.2) is 42.5 Å². The molecule has 0 atom stereocenters. The van der Waals surface area contributed by atoms with Gasteiger partial charge in [-0.25, -0.2) is 0 Å². The van der Waals surface area contributed by atoms with Gasteiger partial charge in [0.2, 0.25) is 11.7 Å². The van der Waals surface area contributed by atoms with Crippen molar-refractivity contribution in [2.75, 3.05) is 39.2 Å². The molecule has 1 aliphatic rings. The Labute approximate surface area is 187 Å². The number of nitrogens with one attached hydrogen (secondary N) is 1. The van der Waals surface area contributed by atoms with Gasteiger partial charge in [-0.15, -0.1) is 10.2 Å². The molecule has 0 radical (unpaired) electrons. The molecule has 1 aliphatic heterocycles. The first kappa shape index (κ1) is 21.8. The summed E-state index contributed by atoms with van der Waals surface area (Å²) in [6, 6.07) is 13.5. The summed E-state index contributed by atoms with van der Waals surface area (Å²) in [6.45, 7) is 3.98. The van der Waals surface area contributed by atoms with Crippen molar-refractivity contribution in [3.63, 3.8) is 0 Å². The zero-order chi connectivity index (χ0) is 22.5. The first-order valence-corrected chi connectivity index (χ1v) is 10.7. The third kappa shape index (κ3) is 4.88. The molecule has 1 N–H and O–H groups in total. The third-order valence-corrected chi connectivity index (χ3v) is 5.74. The van der Waals surface area contributed by atoms with E-state index in [1.54, 1.807) is 19.0 Å². The number of rotatable bonds is 7. The minimum Gasteiger partial charge on any atom is -0.493 e. The molecular formula is C23H28N6O3. The Balaban J connectivity index is 1.33. The SMILES string of the molecule is COc1ccc(-c2nnn(C3CCN(CC(=O)Nc4ccccc4C)CC3)n2)cc1OC. The number of methoxy groups -OCH3 is 2. The topological polar surface area (TPSA) is 94.4 Å². The van der Waals surface area contributed by atoms with Crippen molar-refractivity contribution in [2.24, 2.45) is 0 Å². The summed E-state index contributed by atoms with van der Waals surface area (Å²) in [5, 5.41) is 16.1. The van der Waals surface area contributed by atoms with E-state index in [0.29, 0.717) is 23.9 Å². The fourth-order valence-electron chi connectivity index (χ4n) is 3.89. The van der Waals surface area contributed by atoms with E-state index in [0.717, 1.165) is 42.7 Å². The van der Waals surface area contributed by atoms with Crippen LogP contribution in [-0.2, 0) is 4.79 Å². The second-order valence-electron chi connectivity index (χ2n) is 7.87. The quantitative estimate of drug-likeness (QED) is 0.608. The number of likely N-dealkylation sites (tertiary alicyclic amines) is 1. The van der Waals surface area contributed by atoms with Gasteiger partial charge in [-0.1, -0.05) is 18.2 Å². The molecule has 0 spiro atoms. The van der Waals surface area contributed by atoms with Gasteiger partial charge in [0, 0.05) is 24.3 Å². The number of nitrogens with zero attached hydrogens (tertiary/aromatic N) is 5. The highest BCUT2D eigenvalue weighted by Crippen LogP contribution is 2.31. The lowest BCUT2D eigenvalue weighted by molar-refractivity contribution is -0.117. The number of anilines is 1. The number of aryl methyl sites for hydroxylation is 1. The molecule has 1 aromatic heterocycles. The van der Waals surface area contributed by atoms with Crippen LogP contribution in [0.4, 0.5) is 5.69 Å². The van der Waals surface area contributed by atoms with Gasteiger partial charge in [-0.3, -0.25) is 9.69 Å². The molecule has 0 unspecified atom stereocenters. The number of hydrogen-bond donors (Lipinski definition) is 1. The molecule has 4 rings (SSSR count). The van der Waals surface area contributed by atoms with E-state index in [2.05, 4.69) is 25.6 Å². The van der Waals surface area contributed by atoms with Crippen LogP contribution in [0.5, 0.6) is 11.5 Å². The van der Waals surface area contributed by atoms with Gasteiger partial charge in [0.05, 0.1) is 26.8 Å². The second kappa shape index (κ2) is 9.78. The minimum absolute atomic E-state index is 0.00682. The Morgan fingerprint density at radius 3 is 2.56 bits per heavy atom. The van der Waals surface area contributed by atoms with Gasteiger partial charge < -0.3 is 14.8 Å². The standard InChI is InChI=1S/C23H28N6O3/c1-16-6-4-5-7-19(16)24-22(30)15-28-12-10-18(11-13-28)29-26-23(25-27-29)17-8-9-20(31-2)21(14-17)32-3/h4-9,14,18H,10-13,15H2,1-3H3,(H,24,30). The highest BCUT2D eigenvalue weighted by molar-refractivity contribution is 5.92. The lowest BCUT2D eigenvalue weighted by Gasteiger charge is -2.30. The molecular weight excluding hydrogens is 408 g/mol. The molecule has 0 aliphatic carbocycles. The maximum atomic E-state index is 12.4. The Hall–Kier alpha value is -3.46. The smallest absolute Gasteiger partial charge is 0.238 e. The molecule has 0 saturated carbocycles. The summed E-state index contributed by atoms with van der Waals surface area (Å²) in [6.07, 6.45) is 1.72. The highest BCUT2D eigenvalue weighted by atomic mass is 16.5. The molecule has 2 aromatic carbocycles. The van der Waals surface area contributed by atoms with Gasteiger partial charge in [-0.2, -0.15) is 4.80 Å². The molecule has 1 fully saturated rings. The van der Waals surface area contributed by atoms with Crippen molar-refractivity contribution in [3.8, 4) is 22.9 Å². The molecule has 9 nitrogen and oxygen atoms in total. The molecule has 2 heterocycles. The Morgan fingerprint density at radius 2 is 1.84 bits per heavy atom. The minimum atomic E-state index is 0.00682. The van der Waals surface area contributed by atoms with Crippen LogP contribution < -0.4 is 14.8 Å². The van der Waals surface area contributed by atoms with E-state index >= 15 is 0 Å². The summed E-state index contributed by atoms with van der Waals surface area (Å²) < 4.78 is 10.6. The van der Waals surface area contributed by atoms with Crippen LogP contribution >= 0.6 is 0 Å². The van der Waals surface area contributed by atoms with Gasteiger partial charge in [0.1, 0.15) is 0 Å². The third-order valence-electron chi connectivity index (χ3n) is 5.74. The molecule has 0 bridgehead atoms. The first-order chi connectivity index (χ1) is 15.6. The fourth-order valence-corrected chi connectivity index (χ4v) is 3.89. The van der Waals surface area contributed by atoms with Crippen LogP contribution in [-0.4, -0.2) is 64.9 Å². The zero-order valence-electron chi connectivity index (χ0n) is 18.6. The number of amides is 1. The number of hydrogen-bond acceptors (Lipinski definition) is 7. The number of aromatic nitrogens is 4. The number of tetrazole rings is 1. The summed E-state index contributed by atoms with van der Waals surface area (Å²) in [7, 11) is 3.20. The van der Waals surface area contributed by atoms with Gasteiger partial charge in [-0.05, 0) is 54.8 Å². The van der Waals surface area contributed by atoms with Gasteiger partial charge in [0.15, 0.2) is 11.5 Å². The Kier molecular flexibility index (Phi) is 6.65. The molecule has 1 saturated heterocycles. The van der Waals surface area contributed by atoms with E-state index < -0.39 is 0 Å². The maximum absolute atomic E-state index is 12.4. The number of benzene rings is 2. The van der Waals surface area contributed by atoms with Crippen LogP contribution in [0.1, 0.15) is 24.4 Å². The Morgan fingerprint density at radius 1 is 1.09 bits per heavy atom. The van der Waals surface area contributed by atoms with E-state index in [1.807, 2.05) is 49.4 Å². The van der Waals surface area contributed by atoms with Crippen molar-refractivity contribution in [1.82, 2.24) is 25.1 Å². The average Bonchev–Trinajstić information content (AvgIpc) is 3.31. The number of carbonyl (C=O) groups excluding carboxylic acids is 1. The second-order valence-corrected chi connectivity index (χ2v) is 7.87. The summed E-state index contributed by atoms with van der Waals surface area (Å²) in [5.74, 6) is 1.83. The van der Waals surface area contributed by atoms with E-state index in [9.17, 15) is 4.79 Å². The maximum Gasteiger partial charge on any atom is 0.238 e. The Bertz CT molecular complexity index is 1080. The highest BCUT2D eigenvalue weighted by Gasteiger charge is 2.24. The molecule has 3 aromatic rings.